The number of rotatable bonds is 11. The summed E-state index contributed by atoms with van der Waals surface area (Å²) in [5, 5.41) is 20.6. The summed E-state index contributed by atoms with van der Waals surface area (Å²) < 4.78 is 37.8. The predicted molar refractivity (Wildman–Crippen MR) is 110 cm³/mol. The van der Waals surface area contributed by atoms with Gasteiger partial charge >= 0.3 is 12.0 Å². The van der Waals surface area contributed by atoms with Crippen LogP contribution in [0.5, 0.6) is 0 Å². The number of aliphatic hydroxyl groups is 1. The second-order valence-electron chi connectivity index (χ2n) is 7.51. The summed E-state index contributed by atoms with van der Waals surface area (Å²) >= 11 is 2.67. The van der Waals surface area contributed by atoms with Gasteiger partial charge in [0.2, 0.25) is 0 Å². The molecule has 0 aromatic carbocycles. The molecule has 3 atom stereocenters. The Bertz CT molecular complexity index is 819. The van der Waals surface area contributed by atoms with Crippen molar-refractivity contribution in [3.05, 3.63) is 35.1 Å². The third kappa shape index (κ3) is 7.55. The average Bonchev–Trinajstić information content (AvgIpc) is 3.28. The van der Waals surface area contributed by atoms with E-state index >= 15 is 0 Å². The Labute approximate surface area is 181 Å². The number of carbonyl (C=O) groups excluding carboxylic acids is 1. The standard InChI is InChI=1S/C20H24F3NO4S2/c1-20(28,9-6-14(21)17(22)23)8-2-3-12-4-5-16(25)13(12)7-10-29-19-24-15(11-30-19)18(26)27/h2-3,11-13,28H,4-10H2,1H3,(H,26,27)/b3-2+/t12-,13-,20+/m1/s1. The Kier molecular flexibility index (Phi) is 9.11. The minimum absolute atomic E-state index is 0.0110. The first-order chi connectivity index (χ1) is 14.1. The quantitative estimate of drug-likeness (QED) is 0.334. The molecule has 0 saturated heterocycles. The first kappa shape index (κ1) is 24.6. The largest absolute Gasteiger partial charge is 0.476 e. The zero-order valence-electron chi connectivity index (χ0n) is 16.4. The van der Waals surface area contributed by atoms with Gasteiger partial charge in [-0.05, 0) is 38.5 Å². The smallest absolute Gasteiger partial charge is 0.355 e. The molecule has 0 spiro atoms. The highest BCUT2D eigenvalue weighted by atomic mass is 32.2. The minimum atomic E-state index is -2.36. The van der Waals surface area contributed by atoms with Crippen molar-refractivity contribution >= 4 is 34.9 Å². The van der Waals surface area contributed by atoms with Crippen molar-refractivity contribution < 1.29 is 33.0 Å². The normalized spacial score (nSPS) is 21.2. The second kappa shape index (κ2) is 11.1. The SMILES string of the molecule is C[C@](O)(C/C=C/[C@@H]1CCC(=O)[C@@H]1CCSc1nc(C(=O)O)cs1)CCC(F)=C(F)F. The van der Waals surface area contributed by atoms with E-state index in [0.717, 1.165) is 0 Å². The maximum atomic E-state index is 12.9. The van der Waals surface area contributed by atoms with Crippen molar-refractivity contribution in [3.63, 3.8) is 0 Å². The number of hydrogen-bond donors (Lipinski definition) is 2. The summed E-state index contributed by atoms with van der Waals surface area (Å²) in [6.45, 7) is 1.47. The van der Waals surface area contributed by atoms with Gasteiger partial charge < -0.3 is 10.2 Å². The zero-order chi connectivity index (χ0) is 22.3. The highest BCUT2D eigenvalue weighted by Crippen LogP contribution is 2.35. The van der Waals surface area contributed by atoms with Gasteiger partial charge in [-0.3, -0.25) is 4.79 Å². The van der Waals surface area contributed by atoms with Crippen LogP contribution in [0, 0.1) is 11.8 Å². The van der Waals surface area contributed by atoms with Crippen molar-refractivity contribution in [2.24, 2.45) is 11.8 Å². The third-order valence-electron chi connectivity index (χ3n) is 5.04. The molecule has 1 aromatic rings. The number of hydrogen-bond acceptors (Lipinski definition) is 6. The highest BCUT2D eigenvalue weighted by Gasteiger charge is 2.32. The predicted octanol–water partition coefficient (Wildman–Crippen LogP) is 5.47. The molecule has 0 unspecified atom stereocenters. The number of halogens is 3. The Hall–Kier alpha value is -1.65. The van der Waals surface area contributed by atoms with Gasteiger partial charge in [0.1, 0.15) is 5.78 Å². The lowest BCUT2D eigenvalue weighted by atomic mass is 9.90. The maximum absolute atomic E-state index is 12.9. The van der Waals surface area contributed by atoms with E-state index in [1.54, 1.807) is 6.08 Å². The summed E-state index contributed by atoms with van der Waals surface area (Å²) in [5.41, 5.74) is -1.30. The number of aromatic carboxylic acids is 1. The second-order valence-corrected chi connectivity index (χ2v) is 9.71. The van der Waals surface area contributed by atoms with Gasteiger partial charge in [0.05, 0.1) is 5.60 Å². The van der Waals surface area contributed by atoms with E-state index < -0.39 is 29.9 Å². The summed E-state index contributed by atoms with van der Waals surface area (Å²) in [7, 11) is 0. The summed E-state index contributed by atoms with van der Waals surface area (Å²) in [4.78, 5) is 27.1. The van der Waals surface area contributed by atoms with Crippen LogP contribution in [-0.4, -0.2) is 38.3 Å². The Morgan fingerprint density at radius 1 is 1.43 bits per heavy atom. The van der Waals surface area contributed by atoms with Gasteiger partial charge in [-0.2, -0.15) is 8.78 Å². The number of aromatic nitrogens is 1. The molecule has 5 nitrogen and oxygen atoms in total. The average molecular weight is 464 g/mol. The Balaban J connectivity index is 1.83. The van der Waals surface area contributed by atoms with E-state index in [1.165, 1.54) is 35.4 Å². The van der Waals surface area contributed by atoms with Crippen LogP contribution in [0.1, 0.15) is 55.9 Å². The number of thiazole rings is 1. The molecule has 2 N–H and O–H groups in total. The molecule has 166 valence electrons. The Morgan fingerprint density at radius 3 is 2.80 bits per heavy atom. The molecule has 10 heteroatoms. The summed E-state index contributed by atoms with van der Waals surface area (Å²) in [5.74, 6) is -1.90. The van der Waals surface area contributed by atoms with E-state index in [1.807, 2.05) is 6.08 Å². The molecule has 1 aromatic heterocycles. The number of carboxylic acid groups (broad SMARTS) is 1. The van der Waals surface area contributed by atoms with E-state index in [9.17, 15) is 27.9 Å². The van der Waals surface area contributed by atoms with Crippen molar-refractivity contribution in [1.29, 1.82) is 0 Å². The molecule has 1 aliphatic rings. The molecule has 0 aliphatic heterocycles. The van der Waals surface area contributed by atoms with Crippen LogP contribution in [-0.2, 0) is 4.79 Å². The van der Waals surface area contributed by atoms with E-state index in [4.69, 9.17) is 5.11 Å². The van der Waals surface area contributed by atoms with E-state index in [2.05, 4.69) is 4.98 Å². The van der Waals surface area contributed by atoms with Gasteiger partial charge in [-0.25, -0.2) is 14.2 Å². The topological polar surface area (TPSA) is 87.5 Å². The molecule has 1 aliphatic carbocycles. The fraction of sp³-hybridized carbons (Fsp3) is 0.550. The van der Waals surface area contributed by atoms with Crippen molar-refractivity contribution in [3.8, 4) is 0 Å². The number of nitrogens with zero attached hydrogens (tertiary/aromatic N) is 1. The third-order valence-corrected chi connectivity index (χ3v) is 7.09. The molecular weight excluding hydrogens is 439 g/mol. The number of allylic oxidation sites excluding steroid dienone is 2. The first-order valence-electron chi connectivity index (χ1n) is 9.52. The lowest BCUT2D eigenvalue weighted by Gasteiger charge is -2.21. The molecule has 0 bridgehead atoms. The van der Waals surface area contributed by atoms with Crippen LogP contribution in [0.2, 0.25) is 0 Å². The molecule has 1 saturated carbocycles. The fourth-order valence-corrected chi connectivity index (χ4v) is 5.20. The van der Waals surface area contributed by atoms with Gasteiger partial charge in [0, 0.05) is 29.9 Å². The van der Waals surface area contributed by atoms with E-state index in [0.29, 0.717) is 29.4 Å². The molecule has 30 heavy (non-hydrogen) atoms. The van der Waals surface area contributed by atoms with Crippen LogP contribution < -0.4 is 0 Å². The number of thioether (sulfide) groups is 1. The number of carbonyl (C=O) groups is 2. The lowest BCUT2D eigenvalue weighted by Crippen LogP contribution is -2.23. The number of ketones is 1. The first-order valence-corrected chi connectivity index (χ1v) is 11.4. The zero-order valence-corrected chi connectivity index (χ0v) is 18.1. The van der Waals surface area contributed by atoms with E-state index in [-0.39, 0.29) is 36.2 Å². The van der Waals surface area contributed by atoms with Crippen LogP contribution in [0.25, 0.3) is 0 Å². The monoisotopic (exact) mass is 463 g/mol. The van der Waals surface area contributed by atoms with Gasteiger partial charge in [0.15, 0.2) is 15.9 Å². The van der Waals surface area contributed by atoms with Crippen LogP contribution in [0.4, 0.5) is 13.2 Å². The highest BCUT2D eigenvalue weighted by molar-refractivity contribution is 8.01. The van der Waals surface area contributed by atoms with Gasteiger partial charge in [0.25, 0.3) is 0 Å². The van der Waals surface area contributed by atoms with Crippen molar-refractivity contribution in [2.75, 3.05) is 5.75 Å². The molecular formula is C20H24F3NO4S2. The molecule has 1 heterocycles. The van der Waals surface area contributed by atoms with Crippen LogP contribution in [0.3, 0.4) is 0 Å². The molecule has 0 radical (unpaired) electrons. The minimum Gasteiger partial charge on any atom is -0.476 e. The van der Waals surface area contributed by atoms with Crippen LogP contribution >= 0.6 is 23.1 Å². The van der Waals surface area contributed by atoms with Crippen molar-refractivity contribution in [1.82, 2.24) is 4.98 Å². The van der Waals surface area contributed by atoms with Crippen molar-refractivity contribution in [2.45, 2.75) is 55.4 Å². The molecule has 1 fully saturated rings. The number of carboxylic acids is 1. The van der Waals surface area contributed by atoms with Gasteiger partial charge in [-0.1, -0.05) is 23.9 Å². The van der Waals surface area contributed by atoms with Crippen LogP contribution in [0.15, 0.2) is 33.8 Å². The number of Topliss-reactive ketones (excluding diaryl/α,β-unsaturated/α-hetero) is 1. The summed E-state index contributed by atoms with van der Waals surface area (Å²) in [6, 6.07) is 0. The summed E-state index contributed by atoms with van der Waals surface area (Å²) in [6.07, 6.45) is 2.59. The molecule has 0 amide bonds. The Morgan fingerprint density at radius 2 is 2.17 bits per heavy atom. The maximum Gasteiger partial charge on any atom is 0.355 e. The van der Waals surface area contributed by atoms with Gasteiger partial charge in [-0.15, -0.1) is 11.3 Å². The molecule has 2 rings (SSSR count). The lowest BCUT2D eigenvalue weighted by molar-refractivity contribution is -0.121. The fourth-order valence-electron chi connectivity index (χ4n) is 3.31.